The molecular weight excluding hydrogens is 530 g/mol. The van der Waals surface area contributed by atoms with Crippen LogP contribution in [0.4, 0.5) is 11.4 Å². The van der Waals surface area contributed by atoms with E-state index in [2.05, 4.69) is 31.8 Å². The van der Waals surface area contributed by atoms with Gasteiger partial charge < -0.3 is 14.9 Å². The summed E-state index contributed by atoms with van der Waals surface area (Å²) in [5.74, 6) is 0.481. The van der Waals surface area contributed by atoms with Crippen LogP contribution < -0.4 is 9.62 Å². The number of likely N-dealkylation sites (tertiary alicyclic amines) is 1. The number of pyridine rings is 1. The molecule has 11 nitrogen and oxygen atoms in total. The zero-order valence-corrected chi connectivity index (χ0v) is 23.6. The second-order valence-corrected chi connectivity index (χ2v) is 13.5. The number of piperidine rings is 1. The molecule has 3 aliphatic rings. The maximum absolute atomic E-state index is 12.9. The number of hydrogen-bond acceptors (Lipinski definition) is 8. The number of nitrogens with zero attached hydrogens (tertiary/aromatic N) is 6. The van der Waals surface area contributed by atoms with E-state index in [9.17, 15) is 18.3 Å². The van der Waals surface area contributed by atoms with Crippen LogP contribution in [0.2, 0.25) is 0 Å². The molecule has 6 rings (SSSR count). The van der Waals surface area contributed by atoms with E-state index in [1.165, 1.54) is 0 Å². The van der Waals surface area contributed by atoms with E-state index in [4.69, 9.17) is 0 Å². The minimum Gasteiger partial charge on any atom is -0.390 e. The minimum atomic E-state index is -3.42. The minimum absolute atomic E-state index is 0. The monoisotopic (exact) mass is 567 g/mol. The van der Waals surface area contributed by atoms with Gasteiger partial charge in [0.15, 0.2) is 0 Å². The average molecular weight is 568 g/mol. The number of anilines is 2. The molecule has 40 heavy (non-hydrogen) atoms. The van der Waals surface area contributed by atoms with Gasteiger partial charge in [-0.2, -0.15) is 0 Å². The normalized spacial score (nSPS) is 19.4. The number of carbonyl (C=O) groups is 1. The fourth-order valence-corrected chi connectivity index (χ4v) is 6.64. The number of nitrogens with one attached hydrogen (secondary N) is 1. The number of hydrogen-bond donors (Lipinski definition) is 2. The Morgan fingerprint density at radius 1 is 1.15 bits per heavy atom. The zero-order chi connectivity index (χ0) is 28.1. The molecule has 3 aromatic rings. The molecule has 0 bridgehead atoms. The van der Waals surface area contributed by atoms with Crippen molar-refractivity contribution in [2.45, 2.75) is 56.8 Å². The molecule has 1 aromatic carbocycles. The molecule has 2 N–H and O–H groups in total. The Balaban J connectivity index is 0.00000337. The van der Waals surface area contributed by atoms with E-state index in [-0.39, 0.29) is 12.6 Å². The smallest absolute Gasteiger partial charge is 0.272 e. The highest BCUT2D eigenvalue weighted by atomic mass is 32.2. The summed E-state index contributed by atoms with van der Waals surface area (Å²) in [7, 11) is -3.42. The number of rotatable bonds is 8. The van der Waals surface area contributed by atoms with E-state index in [1.54, 1.807) is 35.3 Å². The quantitative estimate of drug-likeness (QED) is 0.424. The maximum atomic E-state index is 12.9. The first kappa shape index (κ1) is 26.7. The second kappa shape index (κ2) is 10.2. The Bertz CT molecular complexity index is 1520. The SMILES string of the molecule is CCC1CN(C(=O)c2cc(-c3cn(-c4ccc(NS(=O)(=O)C5CC5)cc4N4CCC(C)(O)CC4)nn3)ccn2)C1.[HH]. The van der Waals surface area contributed by atoms with Crippen LogP contribution in [0, 0.1) is 5.92 Å². The number of amides is 1. The summed E-state index contributed by atoms with van der Waals surface area (Å²) >= 11 is 0. The van der Waals surface area contributed by atoms with Crippen molar-refractivity contribution in [2.75, 3.05) is 35.8 Å². The Kier molecular flexibility index (Phi) is 6.78. The molecular formula is C28H37N7O4S. The van der Waals surface area contributed by atoms with Gasteiger partial charge >= 0.3 is 0 Å². The Labute approximate surface area is 235 Å². The molecule has 12 heteroatoms. The van der Waals surface area contributed by atoms with Crippen molar-refractivity contribution in [2.24, 2.45) is 5.92 Å². The van der Waals surface area contributed by atoms with Gasteiger partial charge in [-0.05, 0) is 75.3 Å². The fourth-order valence-electron chi connectivity index (χ4n) is 5.27. The number of carbonyl (C=O) groups excluding carboxylic acids is 1. The van der Waals surface area contributed by atoms with Crippen LogP contribution in [-0.2, 0) is 10.0 Å². The van der Waals surface area contributed by atoms with Crippen LogP contribution in [0.1, 0.15) is 57.9 Å². The third-order valence-corrected chi connectivity index (χ3v) is 10.1. The highest BCUT2D eigenvalue weighted by Crippen LogP contribution is 2.35. The molecule has 2 saturated heterocycles. The third kappa shape index (κ3) is 5.42. The lowest BCUT2D eigenvalue weighted by Crippen LogP contribution is -2.49. The molecule has 0 atom stereocenters. The second-order valence-electron chi connectivity index (χ2n) is 11.5. The number of sulfonamides is 1. The fraction of sp³-hybridized carbons (Fsp3) is 0.500. The number of aliphatic hydroxyl groups is 1. The summed E-state index contributed by atoms with van der Waals surface area (Å²) in [4.78, 5) is 21.1. The van der Waals surface area contributed by atoms with E-state index in [0.717, 1.165) is 36.4 Å². The molecule has 0 radical (unpaired) electrons. The summed E-state index contributed by atoms with van der Waals surface area (Å²) in [5, 5.41) is 18.9. The van der Waals surface area contributed by atoms with Crippen molar-refractivity contribution in [3.05, 3.63) is 48.4 Å². The predicted octanol–water partition coefficient (Wildman–Crippen LogP) is 3.31. The van der Waals surface area contributed by atoms with Crippen LogP contribution in [0.5, 0.6) is 0 Å². The molecule has 1 amide bonds. The van der Waals surface area contributed by atoms with Gasteiger partial charge in [0.2, 0.25) is 10.0 Å². The van der Waals surface area contributed by atoms with Crippen LogP contribution in [0.25, 0.3) is 16.9 Å². The van der Waals surface area contributed by atoms with Crippen LogP contribution >= 0.6 is 0 Å². The predicted molar refractivity (Wildman–Crippen MR) is 154 cm³/mol. The molecule has 2 aliphatic heterocycles. The summed E-state index contributed by atoms with van der Waals surface area (Å²) in [5.41, 5.74) is 3.03. The Morgan fingerprint density at radius 3 is 2.60 bits per heavy atom. The first-order valence-electron chi connectivity index (χ1n) is 13.9. The number of aromatic nitrogens is 4. The molecule has 4 heterocycles. The van der Waals surface area contributed by atoms with E-state index in [1.807, 2.05) is 24.0 Å². The molecule has 1 aliphatic carbocycles. The molecule has 3 fully saturated rings. The van der Waals surface area contributed by atoms with Crippen molar-refractivity contribution >= 4 is 27.3 Å². The van der Waals surface area contributed by atoms with Gasteiger partial charge in [0.25, 0.3) is 5.91 Å². The van der Waals surface area contributed by atoms with Crippen molar-refractivity contribution in [1.82, 2.24) is 24.9 Å². The molecule has 0 spiro atoms. The number of benzene rings is 1. The van der Waals surface area contributed by atoms with Crippen molar-refractivity contribution in [1.29, 1.82) is 0 Å². The summed E-state index contributed by atoms with van der Waals surface area (Å²) in [6.45, 7) is 6.73. The van der Waals surface area contributed by atoms with Gasteiger partial charge in [0.05, 0.1) is 34.1 Å². The lowest BCUT2D eigenvalue weighted by Gasteiger charge is -2.38. The Hall–Kier alpha value is -3.51. The van der Waals surface area contributed by atoms with Crippen molar-refractivity contribution in [3.8, 4) is 16.9 Å². The topological polar surface area (TPSA) is 134 Å². The molecule has 2 aromatic heterocycles. The van der Waals surface area contributed by atoms with Gasteiger partial charge in [0, 0.05) is 39.4 Å². The Morgan fingerprint density at radius 2 is 1.90 bits per heavy atom. The average Bonchev–Trinajstić information content (AvgIpc) is 3.66. The highest BCUT2D eigenvalue weighted by Gasteiger charge is 2.36. The van der Waals surface area contributed by atoms with E-state index in [0.29, 0.717) is 61.8 Å². The molecule has 1 saturated carbocycles. The maximum Gasteiger partial charge on any atom is 0.272 e. The lowest BCUT2D eigenvalue weighted by atomic mass is 9.93. The summed E-state index contributed by atoms with van der Waals surface area (Å²) in [6.07, 6.45) is 7.03. The van der Waals surface area contributed by atoms with Gasteiger partial charge in [-0.25, -0.2) is 13.1 Å². The van der Waals surface area contributed by atoms with E-state index < -0.39 is 15.6 Å². The van der Waals surface area contributed by atoms with Crippen molar-refractivity contribution in [3.63, 3.8) is 0 Å². The van der Waals surface area contributed by atoms with Gasteiger partial charge in [0.1, 0.15) is 11.4 Å². The summed E-state index contributed by atoms with van der Waals surface area (Å²) in [6, 6.07) is 8.95. The van der Waals surface area contributed by atoms with Gasteiger partial charge in [-0.15, -0.1) is 5.10 Å². The first-order chi connectivity index (χ1) is 19.1. The van der Waals surface area contributed by atoms with Crippen LogP contribution in [-0.4, -0.2) is 81.3 Å². The standard InChI is InChI=1S/C28H35N7O4S.H2/c1-3-19-16-34(17-19)27(36)23-14-20(8-11-29-23)24-18-35(32-30-24)25-7-4-21(31-40(38,39)22-5-6-22)15-26(25)33-12-9-28(2,37)10-13-33;/h4,7-8,11,14-15,18-19,22,31,37H,3,5-6,9-10,12-13,16-17H2,1-2H3;1H. The highest BCUT2D eigenvalue weighted by molar-refractivity contribution is 7.93. The first-order valence-corrected chi connectivity index (χ1v) is 15.5. The van der Waals surface area contributed by atoms with Gasteiger partial charge in [-0.1, -0.05) is 12.1 Å². The van der Waals surface area contributed by atoms with Gasteiger partial charge in [-0.3, -0.25) is 14.5 Å². The molecule has 214 valence electrons. The van der Waals surface area contributed by atoms with Crippen LogP contribution in [0.15, 0.2) is 42.7 Å². The third-order valence-electron chi connectivity index (χ3n) is 8.22. The van der Waals surface area contributed by atoms with Crippen LogP contribution in [0.3, 0.4) is 0 Å². The largest absolute Gasteiger partial charge is 0.390 e. The lowest BCUT2D eigenvalue weighted by molar-refractivity contribution is 0.0351. The molecule has 0 unspecified atom stereocenters. The van der Waals surface area contributed by atoms with E-state index >= 15 is 0 Å². The van der Waals surface area contributed by atoms with Crippen molar-refractivity contribution < 1.29 is 19.7 Å². The zero-order valence-electron chi connectivity index (χ0n) is 22.8. The summed E-state index contributed by atoms with van der Waals surface area (Å²) < 4.78 is 29.6.